The fraction of sp³-hybridized carbons (Fsp3) is 0.417. The maximum atomic E-state index is 12.2. The van der Waals surface area contributed by atoms with Crippen molar-refractivity contribution in [1.29, 1.82) is 0 Å². The zero-order chi connectivity index (χ0) is 15.3. The molecule has 0 aromatic heterocycles. The average Bonchev–Trinajstić information content (AvgIpc) is 2.36. The third-order valence-corrected chi connectivity index (χ3v) is 2.45. The van der Waals surface area contributed by atoms with Gasteiger partial charge in [-0.2, -0.15) is 0 Å². The van der Waals surface area contributed by atoms with Crippen molar-refractivity contribution < 1.29 is 32.2 Å². The molecule has 2 N–H and O–H groups in total. The highest BCUT2D eigenvalue weighted by molar-refractivity contribution is 5.85. The lowest BCUT2D eigenvalue weighted by molar-refractivity contribution is -0.274. The van der Waals surface area contributed by atoms with E-state index in [9.17, 15) is 18.0 Å². The second kappa shape index (κ2) is 7.94. The summed E-state index contributed by atoms with van der Waals surface area (Å²) in [6, 6.07) is 2.60. The van der Waals surface area contributed by atoms with Crippen molar-refractivity contribution in [2.45, 2.75) is 18.8 Å². The normalized spacial score (nSPS) is 12.1. The van der Waals surface area contributed by atoms with Gasteiger partial charge in [-0.3, -0.25) is 4.79 Å². The van der Waals surface area contributed by atoms with E-state index in [0.29, 0.717) is 0 Å². The molecule has 1 atom stereocenters. The standard InChI is InChI=1S/C12H14F3NO4.ClH/c1-18-10-4-3-7(20-12(13,14)15)5-8(10)9(16)6-11(17)19-2;/h3-5,9H,6,16H2,1-2H3;1H/t9-;/m1./s1. The molecule has 0 aliphatic rings. The Balaban J connectivity index is 0.00000400. The van der Waals surface area contributed by atoms with Crippen molar-refractivity contribution in [1.82, 2.24) is 0 Å². The van der Waals surface area contributed by atoms with E-state index < -0.39 is 24.1 Å². The van der Waals surface area contributed by atoms with Crippen LogP contribution in [0, 0.1) is 0 Å². The predicted octanol–water partition coefficient (Wildman–Crippen LogP) is 2.58. The van der Waals surface area contributed by atoms with Gasteiger partial charge in [-0.15, -0.1) is 25.6 Å². The number of carbonyl (C=O) groups is 1. The van der Waals surface area contributed by atoms with Crippen molar-refractivity contribution in [2.75, 3.05) is 14.2 Å². The topological polar surface area (TPSA) is 70.8 Å². The Labute approximate surface area is 125 Å². The Morgan fingerprint density at radius 2 is 1.95 bits per heavy atom. The van der Waals surface area contributed by atoms with Gasteiger partial charge in [0.05, 0.1) is 20.6 Å². The summed E-state index contributed by atoms with van der Waals surface area (Å²) in [4.78, 5) is 11.2. The van der Waals surface area contributed by atoms with Crippen molar-refractivity contribution in [3.63, 3.8) is 0 Å². The molecule has 0 radical (unpaired) electrons. The molecule has 1 aromatic carbocycles. The van der Waals surface area contributed by atoms with Crippen LogP contribution in [-0.2, 0) is 9.53 Å². The van der Waals surface area contributed by atoms with Crippen LogP contribution >= 0.6 is 12.4 Å². The fourth-order valence-corrected chi connectivity index (χ4v) is 1.57. The first kappa shape index (κ1) is 19.3. The van der Waals surface area contributed by atoms with E-state index in [1.165, 1.54) is 20.3 Å². The number of methoxy groups -OCH3 is 2. The molecular weight excluding hydrogens is 315 g/mol. The summed E-state index contributed by atoms with van der Waals surface area (Å²) in [6.45, 7) is 0. The largest absolute Gasteiger partial charge is 0.573 e. The molecule has 5 nitrogen and oxygen atoms in total. The van der Waals surface area contributed by atoms with Gasteiger partial charge in [0.2, 0.25) is 0 Å². The van der Waals surface area contributed by atoms with E-state index >= 15 is 0 Å². The van der Waals surface area contributed by atoms with Crippen molar-refractivity contribution >= 4 is 18.4 Å². The lowest BCUT2D eigenvalue weighted by Crippen LogP contribution is -2.19. The highest BCUT2D eigenvalue weighted by Crippen LogP contribution is 2.32. The van der Waals surface area contributed by atoms with E-state index in [1.807, 2.05) is 0 Å². The van der Waals surface area contributed by atoms with Gasteiger partial charge in [-0.25, -0.2) is 0 Å². The molecule has 0 aliphatic heterocycles. The van der Waals surface area contributed by atoms with Gasteiger partial charge >= 0.3 is 12.3 Å². The van der Waals surface area contributed by atoms with Crippen molar-refractivity contribution in [2.24, 2.45) is 5.73 Å². The Bertz CT molecular complexity index is 482. The molecule has 1 rings (SSSR count). The molecule has 9 heteroatoms. The summed E-state index contributed by atoms with van der Waals surface area (Å²) in [5, 5.41) is 0. The zero-order valence-corrected chi connectivity index (χ0v) is 12.1. The summed E-state index contributed by atoms with van der Waals surface area (Å²) in [7, 11) is 2.53. The number of hydrogen-bond acceptors (Lipinski definition) is 5. The highest BCUT2D eigenvalue weighted by atomic mass is 35.5. The van der Waals surface area contributed by atoms with E-state index in [2.05, 4.69) is 9.47 Å². The molecule has 0 amide bonds. The monoisotopic (exact) mass is 329 g/mol. The molecular formula is C12H15ClF3NO4. The van der Waals surface area contributed by atoms with Crippen LogP contribution in [0.5, 0.6) is 11.5 Å². The number of esters is 1. The maximum absolute atomic E-state index is 12.2. The first-order valence-corrected chi connectivity index (χ1v) is 5.53. The van der Waals surface area contributed by atoms with E-state index in [4.69, 9.17) is 10.5 Å². The van der Waals surface area contributed by atoms with Crippen LogP contribution < -0.4 is 15.2 Å². The molecule has 0 fully saturated rings. The van der Waals surface area contributed by atoms with Crippen LogP contribution in [0.15, 0.2) is 18.2 Å². The molecule has 120 valence electrons. The number of halogens is 4. The third-order valence-electron chi connectivity index (χ3n) is 2.45. The fourth-order valence-electron chi connectivity index (χ4n) is 1.57. The minimum absolute atomic E-state index is 0. The number of ether oxygens (including phenoxy) is 3. The SMILES string of the molecule is COC(=O)C[C@@H](N)c1cc(OC(F)(F)F)ccc1OC.Cl. The Hall–Kier alpha value is -1.67. The number of alkyl halides is 3. The summed E-state index contributed by atoms with van der Waals surface area (Å²) < 4.78 is 49.7. The number of hydrogen-bond donors (Lipinski definition) is 1. The number of benzene rings is 1. The Kier molecular flexibility index (Phi) is 7.31. The van der Waals surface area contributed by atoms with Crippen LogP contribution in [0.25, 0.3) is 0 Å². The second-order valence-electron chi connectivity index (χ2n) is 3.84. The Morgan fingerprint density at radius 1 is 1.33 bits per heavy atom. The molecule has 0 spiro atoms. The number of rotatable bonds is 5. The van der Waals surface area contributed by atoms with Gasteiger partial charge in [-0.1, -0.05) is 0 Å². The van der Waals surface area contributed by atoms with Crippen LogP contribution in [-0.4, -0.2) is 26.6 Å². The van der Waals surface area contributed by atoms with Gasteiger partial charge in [0.15, 0.2) is 0 Å². The van der Waals surface area contributed by atoms with Crippen LogP contribution in [0.3, 0.4) is 0 Å². The number of carbonyl (C=O) groups excluding carboxylic acids is 1. The third kappa shape index (κ3) is 6.09. The van der Waals surface area contributed by atoms with Crippen LogP contribution in [0.2, 0.25) is 0 Å². The minimum Gasteiger partial charge on any atom is -0.496 e. The Morgan fingerprint density at radius 3 is 2.43 bits per heavy atom. The quantitative estimate of drug-likeness (QED) is 0.841. The van der Waals surface area contributed by atoms with Gasteiger partial charge in [0.1, 0.15) is 11.5 Å². The predicted molar refractivity (Wildman–Crippen MR) is 70.5 cm³/mol. The van der Waals surface area contributed by atoms with Crippen molar-refractivity contribution in [3.05, 3.63) is 23.8 Å². The van der Waals surface area contributed by atoms with Gasteiger partial charge < -0.3 is 19.9 Å². The molecule has 0 saturated heterocycles. The first-order chi connectivity index (χ1) is 9.26. The molecule has 0 bridgehead atoms. The lowest BCUT2D eigenvalue weighted by atomic mass is 10.0. The first-order valence-electron chi connectivity index (χ1n) is 5.53. The minimum atomic E-state index is -4.81. The summed E-state index contributed by atoms with van der Waals surface area (Å²) in [5.74, 6) is -0.758. The van der Waals surface area contributed by atoms with Crippen LogP contribution in [0.4, 0.5) is 13.2 Å². The van der Waals surface area contributed by atoms with Crippen LogP contribution in [0.1, 0.15) is 18.0 Å². The molecule has 0 aliphatic carbocycles. The number of nitrogens with two attached hydrogens (primary N) is 1. The molecule has 0 saturated carbocycles. The summed E-state index contributed by atoms with van der Waals surface area (Å²) >= 11 is 0. The summed E-state index contributed by atoms with van der Waals surface area (Å²) in [5.41, 5.74) is 5.98. The maximum Gasteiger partial charge on any atom is 0.573 e. The molecule has 1 aromatic rings. The van der Waals surface area contributed by atoms with Gasteiger partial charge in [0.25, 0.3) is 0 Å². The van der Waals surface area contributed by atoms with Gasteiger partial charge in [0, 0.05) is 11.6 Å². The smallest absolute Gasteiger partial charge is 0.496 e. The van der Waals surface area contributed by atoms with Gasteiger partial charge in [-0.05, 0) is 18.2 Å². The highest BCUT2D eigenvalue weighted by Gasteiger charge is 2.31. The second-order valence-corrected chi connectivity index (χ2v) is 3.84. The van der Waals surface area contributed by atoms with E-state index in [-0.39, 0.29) is 30.1 Å². The lowest BCUT2D eigenvalue weighted by Gasteiger charge is -2.17. The average molecular weight is 330 g/mol. The molecule has 21 heavy (non-hydrogen) atoms. The van der Waals surface area contributed by atoms with Crippen molar-refractivity contribution in [3.8, 4) is 11.5 Å². The molecule has 0 heterocycles. The summed E-state index contributed by atoms with van der Waals surface area (Å²) in [6.07, 6.45) is -5.00. The van der Waals surface area contributed by atoms with E-state index in [1.54, 1.807) is 0 Å². The zero-order valence-electron chi connectivity index (χ0n) is 11.3. The molecule has 0 unspecified atom stereocenters. The van der Waals surface area contributed by atoms with E-state index in [0.717, 1.165) is 12.1 Å².